The van der Waals surface area contributed by atoms with Crippen molar-refractivity contribution >= 4 is 6.29 Å². The zero-order chi connectivity index (χ0) is 13.9. The predicted octanol–water partition coefficient (Wildman–Crippen LogP) is 3.83. The van der Waals surface area contributed by atoms with Gasteiger partial charge in [0.05, 0.1) is 12.7 Å². The summed E-state index contributed by atoms with van der Waals surface area (Å²) in [5.41, 5.74) is 2.58. The molecule has 0 atom stereocenters. The lowest BCUT2D eigenvalue weighted by Crippen LogP contribution is -2.20. The van der Waals surface area contributed by atoms with Crippen LogP contribution in [0.5, 0.6) is 5.75 Å². The van der Waals surface area contributed by atoms with Crippen LogP contribution < -0.4 is 4.74 Å². The van der Waals surface area contributed by atoms with E-state index in [1.54, 1.807) is 13.2 Å². The fraction of sp³-hybridized carbons (Fsp3) is 0.235. The van der Waals surface area contributed by atoms with Crippen molar-refractivity contribution in [3.05, 3.63) is 65.2 Å². The fourth-order valence-corrected chi connectivity index (χ4v) is 2.38. The van der Waals surface area contributed by atoms with Gasteiger partial charge in [-0.1, -0.05) is 56.3 Å². The van der Waals surface area contributed by atoms with Crippen molar-refractivity contribution in [3.63, 3.8) is 0 Å². The van der Waals surface area contributed by atoms with E-state index < -0.39 is 0 Å². The lowest BCUT2D eigenvalue weighted by molar-refractivity contribution is 0.112. The number of carbonyl (C=O) groups excluding carboxylic acids is 1. The van der Waals surface area contributed by atoms with Crippen LogP contribution in [0.3, 0.4) is 0 Å². The standard InChI is InChI=1S/C17H18O2/c1-17(2,14-9-5-4-6-10-14)15-11-7-8-13(12-18)16(15)19-3/h4-12H,1-3H3. The largest absolute Gasteiger partial charge is 0.496 e. The second-order valence-electron chi connectivity index (χ2n) is 5.04. The molecule has 0 radical (unpaired) electrons. The van der Waals surface area contributed by atoms with Crippen molar-refractivity contribution < 1.29 is 9.53 Å². The maximum atomic E-state index is 11.1. The third-order valence-electron chi connectivity index (χ3n) is 3.55. The summed E-state index contributed by atoms with van der Waals surface area (Å²) in [4.78, 5) is 11.1. The molecule has 2 nitrogen and oxygen atoms in total. The van der Waals surface area contributed by atoms with E-state index in [0.29, 0.717) is 11.3 Å². The van der Waals surface area contributed by atoms with Crippen LogP contribution in [0.15, 0.2) is 48.5 Å². The minimum absolute atomic E-state index is 0.217. The zero-order valence-electron chi connectivity index (χ0n) is 11.5. The lowest BCUT2D eigenvalue weighted by Gasteiger charge is -2.28. The lowest BCUT2D eigenvalue weighted by atomic mass is 9.77. The number of hydrogen-bond donors (Lipinski definition) is 0. The van der Waals surface area contributed by atoms with Gasteiger partial charge in [0.25, 0.3) is 0 Å². The van der Waals surface area contributed by atoms with Gasteiger partial charge in [0.2, 0.25) is 0 Å². The number of rotatable bonds is 4. The molecular weight excluding hydrogens is 236 g/mol. The molecule has 0 aliphatic heterocycles. The maximum Gasteiger partial charge on any atom is 0.153 e. The maximum absolute atomic E-state index is 11.1. The van der Waals surface area contributed by atoms with E-state index in [9.17, 15) is 4.79 Å². The highest BCUT2D eigenvalue weighted by Crippen LogP contribution is 2.38. The summed E-state index contributed by atoms with van der Waals surface area (Å²) in [5.74, 6) is 0.659. The van der Waals surface area contributed by atoms with Gasteiger partial charge in [-0.25, -0.2) is 0 Å². The zero-order valence-corrected chi connectivity index (χ0v) is 11.5. The van der Waals surface area contributed by atoms with Crippen LogP contribution in [0, 0.1) is 0 Å². The molecule has 0 aliphatic rings. The quantitative estimate of drug-likeness (QED) is 0.775. The van der Waals surface area contributed by atoms with Crippen LogP contribution in [0.25, 0.3) is 0 Å². The number of hydrogen-bond acceptors (Lipinski definition) is 2. The summed E-state index contributed by atoms with van der Waals surface area (Å²) in [6.07, 6.45) is 0.837. The molecule has 0 heterocycles. The second kappa shape index (κ2) is 5.27. The average Bonchev–Trinajstić information content (AvgIpc) is 2.47. The molecule has 2 aromatic carbocycles. The Morgan fingerprint density at radius 3 is 2.26 bits per heavy atom. The van der Waals surface area contributed by atoms with Gasteiger partial charge in [-0.3, -0.25) is 4.79 Å². The Bertz CT molecular complexity index is 571. The van der Waals surface area contributed by atoms with E-state index in [0.717, 1.165) is 11.8 Å². The summed E-state index contributed by atoms with van der Waals surface area (Å²) < 4.78 is 5.44. The van der Waals surface area contributed by atoms with Crippen molar-refractivity contribution in [3.8, 4) is 5.75 Å². The minimum atomic E-state index is -0.217. The Morgan fingerprint density at radius 1 is 1.00 bits per heavy atom. The molecule has 0 amide bonds. The first kappa shape index (κ1) is 13.3. The number of methoxy groups -OCH3 is 1. The van der Waals surface area contributed by atoms with Crippen molar-refractivity contribution in [1.82, 2.24) is 0 Å². The Morgan fingerprint density at radius 2 is 1.68 bits per heavy atom. The molecule has 2 heteroatoms. The molecule has 0 N–H and O–H groups in total. The van der Waals surface area contributed by atoms with Crippen LogP contribution in [-0.2, 0) is 5.41 Å². The third-order valence-corrected chi connectivity index (χ3v) is 3.55. The van der Waals surface area contributed by atoms with Gasteiger partial charge in [-0.05, 0) is 11.6 Å². The molecule has 0 aliphatic carbocycles. The summed E-state index contributed by atoms with van der Waals surface area (Å²) in [6.45, 7) is 4.27. The monoisotopic (exact) mass is 254 g/mol. The number of aldehydes is 1. The fourth-order valence-electron chi connectivity index (χ4n) is 2.38. The van der Waals surface area contributed by atoms with Gasteiger partial charge in [0.1, 0.15) is 5.75 Å². The molecule has 0 fully saturated rings. The number of ether oxygens (including phenoxy) is 1. The number of para-hydroxylation sites is 1. The van der Waals surface area contributed by atoms with Gasteiger partial charge < -0.3 is 4.74 Å². The van der Waals surface area contributed by atoms with Crippen LogP contribution in [0.2, 0.25) is 0 Å². The van der Waals surface area contributed by atoms with Crippen LogP contribution >= 0.6 is 0 Å². The van der Waals surface area contributed by atoms with Crippen molar-refractivity contribution in [2.75, 3.05) is 7.11 Å². The summed E-state index contributed by atoms with van der Waals surface area (Å²) >= 11 is 0. The van der Waals surface area contributed by atoms with Crippen LogP contribution in [0.4, 0.5) is 0 Å². The van der Waals surface area contributed by atoms with E-state index >= 15 is 0 Å². The molecule has 0 spiro atoms. The topological polar surface area (TPSA) is 26.3 Å². The number of benzene rings is 2. The molecule has 2 aromatic rings. The average molecular weight is 254 g/mol. The van der Waals surface area contributed by atoms with Crippen molar-refractivity contribution in [2.45, 2.75) is 19.3 Å². The highest BCUT2D eigenvalue weighted by molar-refractivity contribution is 5.80. The van der Waals surface area contributed by atoms with Gasteiger partial charge in [-0.2, -0.15) is 0 Å². The van der Waals surface area contributed by atoms with Crippen molar-refractivity contribution in [1.29, 1.82) is 0 Å². The molecule has 2 rings (SSSR count). The molecule has 0 bridgehead atoms. The Hall–Kier alpha value is -2.09. The molecular formula is C17H18O2. The Kier molecular flexibility index (Phi) is 3.70. The Balaban J connectivity index is 2.61. The van der Waals surface area contributed by atoms with E-state index in [1.807, 2.05) is 30.3 Å². The highest BCUT2D eigenvalue weighted by atomic mass is 16.5. The molecule has 0 aromatic heterocycles. The molecule has 98 valence electrons. The van der Waals surface area contributed by atoms with Crippen LogP contribution in [-0.4, -0.2) is 13.4 Å². The van der Waals surface area contributed by atoms with Gasteiger partial charge in [0, 0.05) is 11.0 Å². The van der Waals surface area contributed by atoms with Crippen LogP contribution in [0.1, 0.15) is 35.3 Å². The van der Waals surface area contributed by atoms with E-state index in [-0.39, 0.29) is 5.41 Å². The Labute approximate surface area is 114 Å². The first-order valence-electron chi connectivity index (χ1n) is 6.29. The molecule has 19 heavy (non-hydrogen) atoms. The summed E-state index contributed by atoms with van der Waals surface area (Å²) in [5, 5.41) is 0. The van der Waals surface area contributed by atoms with Gasteiger partial charge >= 0.3 is 0 Å². The number of carbonyl (C=O) groups is 1. The van der Waals surface area contributed by atoms with E-state index in [1.165, 1.54) is 5.56 Å². The molecule has 0 unspecified atom stereocenters. The SMILES string of the molecule is COc1c(C=O)cccc1C(C)(C)c1ccccc1. The smallest absolute Gasteiger partial charge is 0.153 e. The molecule has 0 saturated heterocycles. The first-order chi connectivity index (χ1) is 9.11. The van der Waals surface area contributed by atoms with E-state index in [4.69, 9.17) is 4.74 Å². The third kappa shape index (κ3) is 2.39. The second-order valence-corrected chi connectivity index (χ2v) is 5.04. The van der Waals surface area contributed by atoms with Crippen molar-refractivity contribution in [2.24, 2.45) is 0 Å². The normalized spacial score (nSPS) is 11.1. The first-order valence-corrected chi connectivity index (χ1v) is 6.29. The van der Waals surface area contributed by atoms with E-state index in [2.05, 4.69) is 26.0 Å². The minimum Gasteiger partial charge on any atom is -0.496 e. The summed E-state index contributed by atoms with van der Waals surface area (Å²) in [7, 11) is 1.60. The van der Waals surface area contributed by atoms with Gasteiger partial charge in [-0.15, -0.1) is 0 Å². The highest BCUT2D eigenvalue weighted by Gasteiger charge is 2.27. The predicted molar refractivity (Wildman–Crippen MR) is 77.0 cm³/mol. The summed E-state index contributed by atoms with van der Waals surface area (Å²) in [6, 6.07) is 15.9. The molecule has 0 saturated carbocycles. The van der Waals surface area contributed by atoms with Gasteiger partial charge in [0.15, 0.2) is 6.29 Å².